The molecule has 0 N–H and O–H groups in total. The van der Waals surface area contributed by atoms with Crippen molar-refractivity contribution in [1.82, 2.24) is 4.90 Å². The Balaban J connectivity index is 2.62. The first kappa shape index (κ1) is 12.1. The van der Waals surface area contributed by atoms with Gasteiger partial charge >= 0.3 is 0 Å². The maximum absolute atomic E-state index is 11.5. The second kappa shape index (κ2) is 5.76. The molecular formula is C12H16ClNO. The Hall–Kier alpha value is -1.02. The Morgan fingerprint density at radius 1 is 1.40 bits per heavy atom. The van der Waals surface area contributed by atoms with Crippen molar-refractivity contribution >= 4 is 17.5 Å². The number of carbonyl (C=O) groups is 1. The quantitative estimate of drug-likeness (QED) is 0.722. The van der Waals surface area contributed by atoms with E-state index in [4.69, 9.17) is 11.6 Å². The highest BCUT2D eigenvalue weighted by Crippen LogP contribution is 2.10. The second-order valence-corrected chi connectivity index (χ2v) is 3.99. The maximum atomic E-state index is 11.5. The molecule has 0 spiro atoms. The molecule has 1 rings (SSSR count). The lowest BCUT2D eigenvalue weighted by Gasteiger charge is -2.17. The van der Waals surface area contributed by atoms with E-state index >= 15 is 0 Å². The number of hydrogen-bond acceptors (Lipinski definition) is 1. The molecule has 3 heteroatoms. The molecule has 0 radical (unpaired) electrons. The lowest BCUT2D eigenvalue weighted by Crippen LogP contribution is -2.26. The number of benzene rings is 1. The number of nitrogens with zero attached hydrogens (tertiary/aromatic N) is 1. The molecule has 0 bridgehead atoms. The molecule has 0 aliphatic rings. The molecule has 15 heavy (non-hydrogen) atoms. The second-order valence-electron chi connectivity index (χ2n) is 3.62. The van der Waals surface area contributed by atoms with Gasteiger partial charge in [-0.25, -0.2) is 0 Å². The monoisotopic (exact) mass is 225 g/mol. The standard InChI is InChI=1S/C12H16ClNO/c1-10-5-3-4-6-11(10)9-14(2)12(15)7-8-13/h3-6H,7-9H2,1-2H3. The predicted molar refractivity (Wildman–Crippen MR) is 63.0 cm³/mol. The summed E-state index contributed by atoms with van der Waals surface area (Å²) in [6.07, 6.45) is 0.407. The van der Waals surface area contributed by atoms with Crippen molar-refractivity contribution < 1.29 is 4.79 Å². The Labute approximate surface area is 95.8 Å². The van der Waals surface area contributed by atoms with Crippen molar-refractivity contribution in [3.8, 4) is 0 Å². The van der Waals surface area contributed by atoms with Gasteiger partial charge < -0.3 is 4.90 Å². The van der Waals surface area contributed by atoms with Gasteiger partial charge in [-0.2, -0.15) is 0 Å². The fourth-order valence-electron chi connectivity index (χ4n) is 1.40. The Bertz CT molecular complexity index is 338. The summed E-state index contributed by atoms with van der Waals surface area (Å²) in [6.45, 7) is 2.71. The minimum atomic E-state index is 0.0910. The zero-order valence-corrected chi connectivity index (χ0v) is 9.92. The lowest BCUT2D eigenvalue weighted by molar-refractivity contribution is -0.129. The van der Waals surface area contributed by atoms with Gasteiger partial charge in [0.15, 0.2) is 0 Å². The van der Waals surface area contributed by atoms with E-state index in [-0.39, 0.29) is 5.91 Å². The smallest absolute Gasteiger partial charge is 0.223 e. The summed E-state index contributed by atoms with van der Waals surface area (Å²) in [6, 6.07) is 8.08. The van der Waals surface area contributed by atoms with E-state index in [1.165, 1.54) is 11.1 Å². The third kappa shape index (κ3) is 3.56. The van der Waals surface area contributed by atoms with Crippen molar-refractivity contribution in [2.75, 3.05) is 12.9 Å². The van der Waals surface area contributed by atoms with Crippen LogP contribution in [0.2, 0.25) is 0 Å². The van der Waals surface area contributed by atoms with E-state index < -0.39 is 0 Å². The van der Waals surface area contributed by atoms with E-state index in [1.54, 1.807) is 11.9 Å². The van der Waals surface area contributed by atoms with Crippen LogP contribution in [0.3, 0.4) is 0 Å². The van der Waals surface area contributed by atoms with Gasteiger partial charge in [0, 0.05) is 25.9 Å². The number of rotatable bonds is 4. The molecule has 0 atom stereocenters. The predicted octanol–water partition coefficient (Wildman–Crippen LogP) is 2.58. The zero-order chi connectivity index (χ0) is 11.3. The fraction of sp³-hybridized carbons (Fsp3) is 0.417. The van der Waals surface area contributed by atoms with Gasteiger partial charge in [0.05, 0.1) is 0 Å². The molecule has 0 aliphatic carbocycles. The summed E-state index contributed by atoms with van der Waals surface area (Å²) >= 11 is 5.53. The number of alkyl halides is 1. The average molecular weight is 226 g/mol. The lowest BCUT2D eigenvalue weighted by atomic mass is 10.1. The molecule has 1 aromatic rings. The number of carbonyl (C=O) groups excluding carboxylic acids is 1. The number of halogens is 1. The highest BCUT2D eigenvalue weighted by Gasteiger charge is 2.08. The van der Waals surface area contributed by atoms with E-state index in [0.29, 0.717) is 18.8 Å². The SMILES string of the molecule is Cc1ccccc1CN(C)C(=O)CCCl. The molecule has 0 heterocycles. The largest absolute Gasteiger partial charge is 0.341 e. The molecule has 1 aromatic carbocycles. The topological polar surface area (TPSA) is 20.3 Å². The van der Waals surface area contributed by atoms with Crippen LogP contribution in [0.25, 0.3) is 0 Å². The van der Waals surface area contributed by atoms with Gasteiger partial charge in [0.1, 0.15) is 0 Å². The zero-order valence-electron chi connectivity index (χ0n) is 9.16. The molecule has 0 aliphatic heterocycles. The van der Waals surface area contributed by atoms with Gasteiger partial charge in [0.2, 0.25) is 5.91 Å². The molecule has 0 saturated carbocycles. The number of amides is 1. The van der Waals surface area contributed by atoms with E-state index in [0.717, 1.165) is 0 Å². The van der Waals surface area contributed by atoms with Crippen LogP contribution in [0.5, 0.6) is 0 Å². The van der Waals surface area contributed by atoms with Crippen molar-refractivity contribution in [2.24, 2.45) is 0 Å². The third-order valence-corrected chi connectivity index (χ3v) is 2.59. The van der Waals surface area contributed by atoms with Crippen LogP contribution in [0.1, 0.15) is 17.5 Å². The molecular weight excluding hydrogens is 210 g/mol. The van der Waals surface area contributed by atoms with Crippen LogP contribution in [-0.2, 0) is 11.3 Å². The third-order valence-electron chi connectivity index (χ3n) is 2.40. The van der Waals surface area contributed by atoms with Crippen LogP contribution in [0, 0.1) is 6.92 Å². The van der Waals surface area contributed by atoms with Gasteiger partial charge in [-0.15, -0.1) is 11.6 Å². The molecule has 2 nitrogen and oxygen atoms in total. The first-order chi connectivity index (χ1) is 7.15. The maximum Gasteiger partial charge on any atom is 0.223 e. The summed E-state index contributed by atoms with van der Waals surface area (Å²) < 4.78 is 0. The van der Waals surface area contributed by atoms with Crippen LogP contribution in [0.4, 0.5) is 0 Å². The summed E-state index contributed by atoms with van der Waals surface area (Å²) in [4.78, 5) is 13.2. The highest BCUT2D eigenvalue weighted by atomic mass is 35.5. The van der Waals surface area contributed by atoms with Crippen molar-refractivity contribution in [3.05, 3.63) is 35.4 Å². The Morgan fingerprint density at radius 2 is 2.07 bits per heavy atom. The summed E-state index contributed by atoms with van der Waals surface area (Å²) in [5, 5.41) is 0. The van der Waals surface area contributed by atoms with Gasteiger partial charge in [-0.3, -0.25) is 4.79 Å². The minimum Gasteiger partial charge on any atom is -0.341 e. The summed E-state index contributed by atoms with van der Waals surface area (Å²) in [5.74, 6) is 0.477. The van der Waals surface area contributed by atoms with Gasteiger partial charge in [0.25, 0.3) is 0 Å². The minimum absolute atomic E-state index is 0.0910. The van der Waals surface area contributed by atoms with Crippen molar-refractivity contribution in [3.63, 3.8) is 0 Å². The van der Waals surface area contributed by atoms with E-state index in [2.05, 4.69) is 13.0 Å². The Morgan fingerprint density at radius 3 is 2.67 bits per heavy atom. The first-order valence-corrected chi connectivity index (χ1v) is 5.53. The van der Waals surface area contributed by atoms with Crippen LogP contribution in [0.15, 0.2) is 24.3 Å². The van der Waals surface area contributed by atoms with Crippen LogP contribution < -0.4 is 0 Å². The van der Waals surface area contributed by atoms with Crippen LogP contribution in [-0.4, -0.2) is 23.7 Å². The van der Waals surface area contributed by atoms with E-state index in [1.807, 2.05) is 18.2 Å². The molecule has 0 saturated heterocycles. The van der Waals surface area contributed by atoms with E-state index in [9.17, 15) is 4.79 Å². The Kier molecular flexibility index (Phi) is 4.63. The normalized spacial score (nSPS) is 10.1. The van der Waals surface area contributed by atoms with Crippen molar-refractivity contribution in [1.29, 1.82) is 0 Å². The van der Waals surface area contributed by atoms with Crippen molar-refractivity contribution in [2.45, 2.75) is 19.9 Å². The summed E-state index contributed by atoms with van der Waals surface area (Å²) in [7, 11) is 1.81. The molecule has 82 valence electrons. The molecule has 1 amide bonds. The highest BCUT2D eigenvalue weighted by molar-refractivity contribution is 6.18. The van der Waals surface area contributed by atoms with Gasteiger partial charge in [-0.05, 0) is 18.1 Å². The average Bonchev–Trinajstić information content (AvgIpc) is 2.21. The van der Waals surface area contributed by atoms with Crippen LogP contribution >= 0.6 is 11.6 Å². The first-order valence-electron chi connectivity index (χ1n) is 4.99. The molecule has 0 aromatic heterocycles. The fourth-order valence-corrected chi connectivity index (χ4v) is 1.56. The molecule has 0 fully saturated rings. The number of aryl methyl sites for hydroxylation is 1. The van der Waals surface area contributed by atoms with Gasteiger partial charge in [-0.1, -0.05) is 24.3 Å². The number of hydrogen-bond donors (Lipinski definition) is 0. The molecule has 0 unspecified atom stereocenters. The summed E-state index contributed by atoms with van der Waals surface area (Å²) in [5.41, 5.74) is 2.39.